The molecule has 0 radical (unpaired) electrons. The Bertz CT molecular complexity index is 874. The van der Waals surface area contributed by atoms with Crippen molar-refractivity contribution in [2.75, 3.05) is 26.0 Å². The standard InChI is InChI=1S/C20H22N4O2/c1-24(2)13-14-7-9-15(10-8-14)19-22-23-20(26-19)21-17-11-12-25-18-6-4-3-5-16(17)18/h3-10,17H,11-13H2,1-2H3,(H,21,23). The summed E-state index contributed by atoms with van der Waals surface area (Å²) >= 11 is 0. The van der Waals surface area contributed by atoms with Crippen LogP contribution in [0.2, 0.25) is 0 Å². The third kappa shape index (κ3) is 3.55. The van der Waals surface area contributed by atoms with Gasteiger partial charge >= 0.3 is 6.01 Å². The quantitative estimate of drug-likeness (QED) is 0.756. The van der Waals surface area contributed by atoms with Crippen LogP contribution >= 0.6 is 0 Å². The van der Waals surface area contributed by atoms with Gasteiger partial charge in [-0.2, -0.15) is 0 Å². The maximum atomic E-state index is 5.82. The van der Waals surface area contributed by atoms with Crippen molar-refractivity contribution in [1.82, 2.24) is 15.1 Å². The molecular formula is C20H22N4O2. The molecule has 2 aromatic carbocycles. The summed E-state index contributed by atoms with van der Waals surface area (Å²) in [6.07, 6.45) is 0.855. The lowest BCUT2D eigenvalue weighted by Gasteiger charge is -2.25. The first-order valence-electron chi connectivity index (χ1n) is 8.75. The third-order valence-electron chi connectivity index (χ3n) is 4.38. The molecule has 4 rings (SSSR count). The number of anilines is 1. The molecule has 1 aliphatic rings. The van der Waals surface area contributed by atoms with E-state index in [4.69, 9.17) is 9.15 Å². The number of rotatable bonds is 5. The van der Waals surface area contributed by atoms with Gasteiger partial charge in [0, 0.05) is 24.1 Å². The zero-order chi connectivity index (χ0) is 17.9. The average molecular weight is 350 g/mol. The molecule has 134 valence electrons. The van der Waals surface area contributed by atoms with Crippen molar-refractivity contribution in [1.29, 1.82) is 0 Å². The van der Waals surface area contributed by atoms with Gasteiger partial charge in [-0.3, -0.25) is 0 Å². The minimum Gasteiger partial charge on any atom is -0.493 e. The first-order valence-corrected chi connectivity index (χ1v) is 8.75. The predicted molar refractivity (Wildman–Crippen MR) is 100 cm³/mol. The van der Waals surface area contributed by atoms with Gasteiger partial charge in [0.1, 0.15) is 5.75 Å². The van der Waals surface area contributed by atoms with Crippen molar-refractivity contribution in [2.24, 2.45) is 0 Å². The fourth-order valence-electron chi connectivity index (χ4n) is 3.16. The van der Waals surface area contributed by atoms with Gasteiger partial charge < -0.3 is 19.4 Å². The van der Waals surface area contributed by atoms with E-state index in [1.807, 2.05) is 30.3 Å². The van der Waals surface area contributed by atoms with E-state index in [-0.39, 0.29) is 6.04 Å². The molecule has 26 heavy (non-hydrogen) atoms. The van der Waals surface area contributed by atoms with Crippen LogP contribution in [0.25, 0.3) is 11.5 Å². The summed E-state index contributed by atoms with van der Waals surface area (Å²) < 4.78 is 11.5. The topological polar surface area (TPSA) is 63.4 Å². The molecule has 6 heteroatoms. The summed E-state index contributed by atoms with van der Waals surface area (Å²) in [6.45, 7) is 1.57. The number of ether oxygens (including phenoxy) is 1. The van der Waals surface area contributed by atoms with E-state index in [1.165, 1.54) is 5.56 Å². The Balaban J connectivity index is 1.49. The van der Waals surface area contributed by atoms with Crippen LogP contribution in [0.1, 0.15) is 23.6 Å². The highest BCUT2D eigenvalue weighted by atomic mass is 16.5. The highest BCUT2D eigenvalue weighted by molar-refractivity contribution is 5.54. The Morgan fingerprint density at radius 3 is 2.69 bits per heavy atom. The summed E-state index contributed by atoms with van der Waals surface area (Å²) in [4.78, 5) is 2.13. The van der Waals surface area contributed by atoms with E-state index in [9.17, 15) is 0 Å². The Hall–Kier alpha value is -2.86. The molecule has 3 aromatic rings. The van der Waals surface area contributed by atoms with Gasteiger partial charge in [-0.1, -0.05) is 35.4 Å². The average Bonchev–Trinajstić information content (AvgIpc) is 3.11. The Kier molecular flexibility index (Phi) is 4.58. The summed E-state index contributed by atoms with van der Waals surface area (Å²) in [5.41, 5.74) is 3.28. The Morgan fingerprint density at radius 1 is 1.08 bits per heavy atom. The first-order chi connectivity index (χ1) is 12.7. The van der Waals surface area contributed by atoms with E-state index in [2.05, 4.69) is 52.7 Å². The molecule has 0 spiro atoms. The smallest absolute Gasteiger partial charge is 0.316 e. The normalized spacial score (nSPS) is 16.2. The van der Waals surface area contributed by atoms with Crippen LogP contribution in [0, 0.1) is 0 Å². The van der Waals surface area contributed by atoms with Crippen molar-refractivity contribution < 1.29 is 9.15 Å². The molecule has 0 aliphatic carbocycles. The molecule has 1 aromatic heterocycles. The highest BCUT2D eigenvalue weighted by Gasteiger charge is 2.22. The molecule has 0 saturated heterocycles. The van der Waals surface area contributed by atoms with E-state index >= 15 is 0 Å². The van der Waals surface area contributed by atoms with Crippen LogP contribution in [-0.2, 0) is 6.54 Å². The summed E-state index contributed by atoms with van der Waals surface area (Å²) in [5, 5.41) is 11.7. The Morgan fingerprint density at radius 2 is 1.88 bits per heavy atom. The molecular weight excluding hydrogens is 328 g/mol. The SMILES string of the molecule is CN(C)Cc1ccc(-c2nnc(NC3CCOc4ccccc43)o2)cc1. The molecule has 0 bridgehead atoms. The van der Waals surface area contributed by atoms with Gasteiger partial charge in [0.15, 0.2) is 0 Å². The van der Waals surface area contributed by atoms with Crippen molar-refractivity contribution in [3.63, 3.8) is 0 Å². The van der Waals surface area contributed by atoms with Crippen LogP contribution in [0.4, 0.5) is 6.01 Å². The van der Waals surface area contributed by atoms with E-state index in [0.29, 0.717) is 18.5 Å². The van der Waals surface area contributed by atoms with Crippen molar-refractivity contribution in [2.45, 2.75) is 19.0 Å². The molecule has 1 unspecified atom stereocenters. The second-order valence-corrected chi connectivity index (χ2v) is 6.72. The number of hydrogen-bond donors (Lipinski definition) is 1. The van der Waals surface area contributed by atoms with Crippen LogP contribution in [0.5, 0.6) is 5.75 Å². The number of fused-ring (bicyclic) bond motifs is 1. The van der Waals surface area contributed by atoms with Crippen LogP contribution in [-0.4, -0.2) is 35.8 Å². The lowest BCUT2D eigenvalue weighted by Crippen LogP contribution is -2.20. The lowest BCUT2D eigenvalue weighted by atomic mass is 10.0. The first kappa shape index (κ1) is 16.6. The van der Waals surface area contributed by atoms with Gasteiger partial charge in [0.2, 0.25) is 5.89 Å². The molecule has 1 aliphatic heterocycles. The maximum absolute atomic E-state index is 5.82. The lowest BCUT2D eigenvalue weighted by molar-refractivity contribution is 0.273. The van der Waals surface area contributed by atoms with E-state index in [1.54, 1.807) is 0 Å². The van der Waals surface area contributed by atoms with Gasteiger partial charge in [-0.25, -0.2) is 0 Å². The highest BCUT2D eigenvalue weighted by Crippen LogP contribution is 2.34. The van der Waals surface area contributed by atoms with Gasteiger partial charge in [-0.05, 0) is 37.9 Å². The minimum atomic E-state index is 0.107. The second-order valence-electron chi connectivity index (χ2n) is 6.72. The summed E-state index contributed by atoms with van der Waals surface area (Å²) in [5.74, 6) is 1.43. The zero-order valence-electron chi connectivity index (χ0n) is 15.0. The van der Waals surface area contributed by atoms with Crippen LogP contribution in [0.3, 0.4) is 0 Å². The zero-order valence-corrected chi connectivity index (χ0v) is 15.0. The van der Waals surface area contributed by atoms with Crippen molar-refractivity contribution >= 4 is 6.01 Å². The molecule has 1 N–H and O–H groups in total. The van der Waals surface area contributed by atoms with Crippen LogP contribution < -0.4 is 10.1 Å². The summed E-state index contributed by atoms with van der Waals surface area (Å²) in [6, 6.07) is 16.8. The van der Waals surface area contributed by atoms with Crippen LogP contribution in [0.15, 0.2) is 52.9 Å². The number of benzene rings is 2. The van der Waals surface area contributed by atoms with E-state index < -0.39 is 0 Å². The van der Waals surface area contributed by atoms with Gasteiger partial charge in [0.25, 0.3) is 0 Å². The fourth-order valence-corrected chi connectivity index (χ4v) is 3.16. The number of aromatic nitrogens is 2. The number of nitrogens with zero attached hydrogens (tertiary/aromatic N) is 3. The van der Waals surface area contributed by atoms with Crippen molar-refractivity contribution in [3.05, 3.63) is 59.7 Å². The fraction of sp³-hybridized carbons (Fsp3) is 0.300. The van der Waals surface area contributed by atoms with Gasteiger partial charge in [-0.15, -0.1) is 5.10 Å². The van der Waals surface area contributed by atoms with E-state index in [0.717, 1.165) is 29.8 Å². The number of para-hydroxylation sites is 1. The molecule has 2 heterocycles. The third-order valence-corrected chi connectivity index (χ3v) is 4.38. The molecule has 0 amide bonds. The number of nitrogens with one attached hydrogen (secondary N) is 1. The second kappa shape index (κ2) is 7.17. The number of hydrogen-bond acceptors (Lipinski definition) is 6. The Labute approximate surface area is 152 Å². The monoisotopic (exact) mass is 350 g/mol. The molecule has 0 fully saturated rings. The molecule has 6 nitrogen and oxygen atoms in total. The molecule has 0 saturated carbocycles. The maximum Gasteiger partial charge on any atom is 0.316 e. The largest absolute Gasteiger partial charge is 0.493 e. The van der Waals surface area contributed by atoms with Gasteiger partial charge in [0.05, 0.1) is 12.6 Å². The van der Waals surface area contributed by atoms with Crippen molar-refractivity contribution in [3.8, 4) is 17.2 Å². The predicted octanol–water partition coefficient (Wildman–Crippen LogP) is 3.73. The summed E-state index contributed by atoms with van der Waals surface area (Å²) in [7, 11) is 4.11. The molecule has 1 atom stereocenters. The minimum absolute atomic E-state index is 0.107.